The Balaban J connectivity index is 1.52. The van der Waals surface area contributed by atoms with Crippen LogP contribution in [-0.2, 0) is 4.79 Å². The Labute approximate surface area is 177 Å². The number of rotatable bonds is 6. The van der Waals surface area contributed by atoms with Crippen LogP contribution in [0, 0.1) is 17.1 Å². The van der Waals surface area contributed by atoms with Crippen LogP contribution in [0.25, 0.3) is 5.57 Å². The summed E-state index contributed by atoms with van der Waals surface area (Å²) in [5.74, 6) is -0.130. The smallest absolute Gasteiger partial charge is 0.216 e. The number of anilines is 2. The molecule has 4 rings (SSSR count). The van der Waals surface area contributed by atoms with Crippen LogP contribution < -0.4 is 10.6 Å². The lowest BCUT2D eigenvalue weighted by molar-refractivity contribution is -0.115. The highest BCUT2D eigenvalue weighted by Crippen LogP contribution is 2.33. The van der Waals surface area contributed by atoms with E-state index in [0.29, 0.717) is 18.5 Å². The van der Waals surface area contributed by atoms with Gasteiger partial charge in [0.25, 0.3) is 0 Å². The van der Waals surface area contributed by atoms with Crippen LogP contribution in [0.2, 0.25) is 0 Å². The molecule has 0 saturated carbocycles. The number of benzene rings is 2. The number of tetrazole rings is 1. The summed E-state index contributed by atoms with van der Waals surface area (Å²) in [5.41, 5.74) is 3.35. The number of nitrogens with one attached hydrogen (secondary N) is 3. The summed E-state index contributed by atoms with van der Waals surface area (Å²) in [6.45, 7) is 0. The molecule has 0 amide bonds. The zero-order valence-electron chi connectivity index (χ0n) is 16.3. The van der Waals surface area contributed by atoms with Crippen LogP contribution in [0.3, 0.4) is 0 Å². The number of hydrogen-bond donors (Lipinski definition) is 3. The molecule has 2 aromatic carbocycles. The van der Waals surface area contributed by atoms with Gasteiger partial charge in [-0.1, -0.05) is 24.3 Å². The molecule has 31 heavy (non-hydrogen) atoms. The molecule has 0 radical (unpaired) electrons. The number of carbonyl (C=O) groups excluding carboxylic acids is 1. The molecular weight excluding hydrogens is 397 g/mol. The van der Waals surface area contributed by atoms with Crippen molar-refractivity contribution in [3.05, 3.63) is 83.7 Å². The Kier molecular flexibility index (Phi) is 5.80. The largest absolute Gasteiger partial charge is 0.359 e. The van der Waals surface area contributed by atoms with Gasteiger partial charge in [0.05, 0.1) is 11.4 Å². The molecule has 1 aliphatic carbocycles. The van der Waals surface area contributed by atoms with E-state index in [1.54, 1.807) is 18.2 Å². The summed E-state index contributed by atoms with van der Waals surface area (Å²) in [4.78, 5) is 12.3. The van der Waals surface area contributed by atoms with Crippen LogP contribution >= 0.6 is 0 Å². The molecule has 0 spiro atoms. The van der Waals surface area contributed by atoms with Crippen LogP contribution in [0.5, 0.6) is 0 Å². The molecule has 1 aromatic heterocycles. The van der Waals surface area contributed by atoms with Gasteiger partial charge in [0.15, 0.2) is 5.78 Å². The summed E-state index contributed by atoms with van der Waals surface area (Å²) in [7, 11) is 0. The molecule has 3 aromatic rings. The molecule has 1 aliphatic rings. The third-order valence-corrected chi connectivity index (χ3v) is 4.89. The average Bonchev–Trinajstić information content (AvgIpc) is 3.30. The number of ketones is 1. The maximum absolute atomic E-state index is 13.2. The van der Waals surface area contributed by atoms with Crippen molar-refractivity contribution in [2.75, 3.05) is 10.6 Å². The van der Waals surface area contributed by atoms with Gasteiger partial charge in [-0.3, -0.25) is 4.79 Å². The van der Waals surface area contributed by atoms with E-state index in [4.69, 9.17) is 0 Å². The van der Waals surface area contributed by atoms with E-state index in [2.05, 4.69) is 31.3 Å². The van der Waals surface area contributed by atoms with E-state index in [1.807, 2.05) is 30.3 Å². The highest BCUT2D eigenvalue weighted by atomic mass is 19.1. The van der Waals surface area contributed by atoms with Crippen LogP contribution in [0.15, 0.2) is 66.5 Å². The van der Waals surface area contributed by atoms with Gasteiger partial charge in [-0.15, -0.1) is 10.2 Å². The molecule has 154 valence electrons. The van der Waals surface area contributed by atoms with E-state index in [1.165, 1.54) is 18.3 Å². The van der Waals surface area contributed by atoms with Crippen LogP contribution in [0.1, 0.15) is 30.1 Å². The lowest BCUT2D eigenvalue weighted by atomic mass is 9.85. The molecule has 0 fully saturated rings. The number of halogens is 1. The SMILES string of the molecule is N#CC(=CNc1ccccc1NC1=CC(=O)CC(c2ccc(F)cc2)C1)c1nn[nH]n1. The molecule has 9 heteroatoms. The molecule has 1 heterocycles. The average molecular weight is 415 g/mol. The predicted molar refractivity (Wildman–Crippen MR) is 113 cm³/mol. The Morgan fingerprint density at radius 3 is 2.65 bits per heavy atom. The van der Waals surface area contributed by atoms with Gasteiger partial charge in [-0.2, -0.15) is 10.5 Å². The monoisotopic (exact) mass is 415 g/mol. The Bertz CT molecular complexity index is 1180. The highest BCUT2D eigenvalue weighted by Gasteiger charge is 2.22. The third kappa shape index (κ3) is 4.82. The summed E-state index contributed by atoms with van der Waals surface area (Å²) < 4.78 is 13.2. The normalized spacial score (nSPS) is 16.4. The van der Waals surface area contributed by atoms with Gasteiger partial charge < -0.3 is 10.6 Å². The lowest BCUT2D eigenvalue weighted by Gasteiger charge is -2.24. The lowest BCUT2D eigenvalue weighted by Crippen LogP contribution is -2.17. The van der Waals surface area contributed by atoms with Crippen molar-refractivity contribution in [2.24, 2.45) is 0 Å². The Hall–Kier alpha value is -4.32. The van der Waals surface area contributed by atoms with Gasteiger partial charge in [0.1, 0.15) is 17.5 Å². The summed E-state index contributed by atoms with van der Waals surface area (Å²) in [6.07, 6.45) is 4.10. The zero-order chi connectivity index (χ0) is 21.6. The first-order valence-electron chi connectivity index (χ1n) is 9.58. The second-order valence-corrected chi connectivity index (χ2v) is 7.01. The minimum absolute atomic E-state index is 0.0114. The van der Waals surface area contributed by atoms with E-state index in [9.17, 15) is 14.4 Å². The predicted octanol–water partition coefficient (Wildman–Crippen LogP) is 3.76. The van der Waals surface area contributed by atoms with Crippen molar-refractivity contribution in [2.45, 2.75) is 18.8 Å². The minimum atomic E-state index is -0.301. The number of carbonyl (C=O) groups is 1. The first-order chi connectivity index (χ1) is 15.1. The molecule has 8 nitrogen and oxygen atoms in total. The number of nitrogens with zero attached hydrogens (tertiary/aromatic N) is 4. The van der Waals surface area contributed by atoms with E-state index < -0.39 is 0 Å². The van der Waals surface area contributed by atoms with Crippen molar-refractivity contribution in [1.29, 1.82) is 5.26 Å². The first kappa shape index (κ1) is 20.0. The molecule has 3 N–H and O–H groups in total. The quantitative estimate of drug-likeness (QED) is 0.524. The summed E-state index contributed by atoms with van der Waals surface area (Å²) in [6, 6.07) is 15.7. The van der Waals surface area contributed by atoms with E-state index >= 15 is 0 Å². The molecule has 0 bridgehead atoms. The van der Waals surface area contributed by atoms with Crippen LogP contribution in [-0.4, -0.2) is 26.4 Å². The Morgan fingerprint density at radius 1 is 1.16 bits per heavy atom. The molecule has 0 aliphatic heterocycles. The summed E-state index contributed by atoms with van der Waals surface area (Å²) in [5, 5.41) is 29.1. The summed E-state index contributed by atoms with van der Waals surface area (Å²) >= 11 is 0. The van der Waals surface area contributed by atoms with Crippen LogP contribution in [0.4, 0.5) is 15.8 Å². The maximum Gasteiger partial charge on any atom is 0.216 e. The highest BCUT2D eigenvalue weighted by molar-refractivity contribution is 5.93. The zero-order valence-corrected chi connectivity index (χ0v) is 16.3. The van der Waals surface area contributed by atoms with E-state index in [-0.39, 0.29) is 28.9 Å². The fraction of sp³-hybridized carbons (Fsp3) is 0.136. The van der Waals surface area contributed by atoms with Gasteiger partial charge in [0.2, 0.25) is 5.82 Å². The second kappa shape index (κ2) is 9.00. The van der Waals surface area contributed by atoms with Crippen molar-refractivity contribution >= 4 is 22.7 Å². The Morgan fingerprint density at radius 2 is 1.94 bits per heavy atom. The van der Waals surface area contributed by atoms with E-state index in [0.717, 1.165) is 16.9 Å². The second-order valence-electron chi connectivity index (χ2n) is 7.01. The van der Waals surface area contributed by atoms with Gasteiger partial charge in [-0.25, -0.2) is 4.39 Å². The molecular formula is C22H18FN7O. The first-order valence-corrected chi connectivity index (χ1v) is 9.58. The number of H-pyrrole nitrogens is 1. The fourth-order valence-electron chi connectivity index (χ4n) is 3.41. The van der Waals surface area contributed by atoms with Gasteiger partial charge >= 0.3 is 0 Å². The number of nitriles is 1. The fourth-order valence-corrected chi connectivity index (χ4v) is 3.41. The maximum atomic E-state index is 13.2. The van der Waals surface area contributed by atoms with Crippen molar-refractivity contribution in [3.63, 3.8) is 0 Å². The van der Waals surface area contributed by atoms with Crippen molar-refractivity contribution in [1.82, 2.24) is 20.6 Å². The number of allylic oxidation sites excluding steroid dienone is 3. The molecule has 1 unspecified atom stereocenters. The molecule has 1 atom stereocenters. The topological polar surface area (TPSA) is 119 Å². The number of aromatic amines is 1. The number of hydrogen-bond acceptors (Lipinski definition) is 7. The van der Waals surface area contributed by atoms with Gasteiger partial charge in [-0.05, 0) is 47.4 Å². The van der Waals surface area contributed by atoms with Crippen molar-refractivity contribution < 1.29 is 9.18 Å². The standard InChI is InChI=1S/C22H18FN7O/c23-17-7-5-14(6-8-17)15-9-18(11-19(31)10-15)26-21-4-2-1-3-20(21)25-13-16(12-24)22-27-29-30-28-22/h1-8,11,13,15,25-26H,9-10H2,(H,27,28,29,30). The van der Waals surface area contributed by atoms with Crippen molar-refractivity contribution in [3.8, 4) is 6.07 Å². The minimum Gasteiger partial charge on any atom is -0.359 e. The van der Waals surface area contributed by atoms with Gasteiger partial charge in [0, 0.05) is 24.4 Å². The molecule has 0 saturated heterocycles. The third-order valence-electron chi connectivity index (χ3n) is 4.89. The number of para-hydroxylation sites is 2. The number of aromatic nitrogens is 4.